The van der Waals surface area contributed by atoms with Crippen LogP contribution in [0, 0.1) is 0 Å². The first-order valence-corrected chi connectivity index (χ1v) is 4.95. The quantitative estimate of drug-likeness (QED) is 0.802. The molecule has 0 aromatic carbocycles. The van der Waals surface area contributed by atoms with Crippen LogP contribution in [0.25, 0.3) is 0 Å². The minimum atomic E-state index is -1.01. The molecule has 1 N–H and O–H groups in total. The molecule has 1 rings (SSSR count). The highest BCUT2D eigenvalue weighted by molar-refractivity contribution is 5.94. The molecule has 16 heavy (non-hydrogen) atoms. The van der Waals surface area contributed by atoms with Gasteiger partial charge in [-0.3, -0.25) is 4.79 Å². The number of carbonyl (C=O) groups is 2. The minimum Gasteiger partial charge on any atom is -0.480 e. The minimum absolute atomic E-state index is 0.254. The van der Waals surface area contributed by atoms with Crippen LogP contribution in [0.3, 0.4) is 0 Å². The van der Waals surface area contributed by atoms with Crippen LogP contribution in [-0.4, -0.2) is 44.5 Å². The van der Waals surface area contributed by atoms with Gasteiger partial charge in [-0.1, -0.05) is 6.92 Å². The largest absolute Gasteiger partial charge is 0.480 e. The lowest BCUT2D eigenvalue weighted by Crippen LogP contribution is -2.42. The summed E-state index contributed by atoms with van der Waals surface area (Å²) in [5, 5.41) is 8.93. The molecule has 1 aromatic heterocycles. The standard InChI is InChI=1S/C10H15N3O3/c1-4-8(10(15)16)13(3)9(14)7-5-12(2)6-11-7/h5-6,8H,4H2,1-3H3,(H,15,16). The second kappa shape index (κ2) is 4.78. The zero-order chi connectivity index (χ0) is 12.3. The Morgan fingerprint density at radius 3 is 2.62 bits per heavy atom. The van der Waals surface area contributed by atoms with Gasteiger partial charge >= 0.3 is 5.97 Å². The van der Waals surface area contributed by atoms with Gasteiger partial charge in [0.05, 0.1) is 6.33 Å². The van der Waals surface area contributed by atoms with E-state index in [-0.39, 0.29) is 11.6 Å². The Labute approximate surface area is 93.5 Å². The molecule has 0 aliphatic carbocycles. The SMILES string of the molecule is CCC(C(=O)O)N(C)C(=O)c1cn(C)cn1. The number of aromatic nitrogens is 2. The number of likely N-dealkylation sites (N-methyl/N-ethyl adjacent to an activating group) is 1. The van der Waals surface area contributed by atoms with E-state index in [9.17, 15) is 9.59 Å². The number of aryl methyl sites for hydroxylation is 1. The van der Waals surface area contributed by atoms with Crippen molar-refractivity contribution in [2.24, 2.45) is 7.05 Å². The second-order valence-electron chi connectivity index (χ2n) is 3.60. The van der Waals surface area contributed by atoms with E-state index in [2.05, 4.69) is 4.98 Å². The van der Waals surface area contributed by atoms with Gasteiger partial charge in [0.1, 0.15) is 11.7 Å². The number of carbonyl (C=O) groups excluding carboxylic acids is 1. The van der Waals surface area contributed by atoms with E-state index in [0.29, 0.717) is 6.42 Å². The summed E-state index contributed by atoms with van der Waals surface area (Å²) in [6, 6.07) is -0.811. The molecule has 88 valence electrons. The van der Waals surface area contributed by atoms with Gasteiger partial charge in [0.2, 0.25) is 0 Å². The highest BCUT2D eigenvalue weighted by Gasteiger charge is 2.26. The summed E-state index contributed by atoms with van der Waals surface area (Å²) >= 11 is 0. The van der Waals surface area contributed by atoms with Crippen molar-refractivity contribution in [3.05, 3.63) is 18.2 Å². The topological polar surface area (TPSA) is 75.4 Å². The van der Waals surface area contributed by atoms with Crippen molar-refractivity contribution in [2.75, 3.05) is 7.05 Å². The molecule has 6 nitrogen and oxygen atoms in total. The summed E-state index contributed by atoms with van der Waals surface area (Å²) in [6.45, 7) is 1.72. The molecule has 6 heteroatoms. The maximum absolute atomic E-state index is 11.8. The normalized spacial score (nSPS) is 12.2. The van der Waals surface area contributed by atoms with Crippen molar-refractivity contribution in [1.29, 1.82) is 0 Å². The predicted octanol–water partition coefficient (Wildman–Crippen LogP) is 0.355. The van der Waals surface area contributed by atoms with Crippen molar-refractivity contribution in [2.45, 2.75) is 19.4 Å². The molecular weight excluding hydrogens is 210 g/mol. The Morgan fingerprint density at radius 1 is 1.62 bits per heavy atom. The van der Waals surface area contributed by atoms with Crippen LogP contribution in [0.15, 0.2) is 12.5 Å². The summed E-state index contributed by atoms with van der Waals surface area (Å²) in [6.07, 6.45) is 3.43. The van der Waals surface area contributed by atoms with E-state index in [4.69, 9.17) is 5.11 Å². The number of nitrogens with zero attached hydrogens (tertiary/aromatic N) is 3. The maximum Gasteiger partial charge on any atom is 0.326 e. The Kier molecular flexibility index (Phi) is 3.65. The van der Waals surface area contributed by atoms with Crippen molar-refractivity contribution in [1.82, 2.24) is 14.5 Å². The average molecular weight is 225 g/mol. The van der Waals surface area contributed by atoms with Crippen LogP contribution < -0.4 is 0 Å². The van der Waals surface area contributed by atoms with E-state index in [1.54, 1.807) is 24.7 Å². The molecular formula is C10H15N3O3. The number of hydrogen-bond acceptors (Lipinski definition) is 3. The van der Waals surface area contributed by atoms with E-state index in [1.807, 2.05) is 0 Å². The molecule has 0 saturated carbocycles. The maximum atomic E-state index is 11.8. The number of aliphatic carboxylic acids is 1. The molecule has 1 atom stereocenters. The molecule has 1 amide bonds. The molecule has 0 radical (unpaired) electrons. The second-order valence-corrected chi connectivity index (χ2v) is 3.60. The van der Waals surface area contributed by atoms with Gasteiger partial charge in [0.25, 0.3) is 5.91 Å². The van der Waals surface area contributed by atoms with Crippen LogP contribution in [0.1, 0.15) is 23.8 Å². The number of hydrogen-bond donors (Lipinski definition) is 1. The lowest BCUT2D eigenvalue weighted by atomic mass is 10.2. The number of imidazole rings is 1. The first-order chi connectivity index (χ1) is 7.47. The monoisotopic (exact) mass is 225 g/mol. The summed E-state index contributed by atoms with van der Waals surface area (Å²) in [5.74, 6) is -1.39. The van der Waals surface area contributed by atoms with Crippen LogP contribution in [0.2, 0.25) is 0 Å². The molecule has 1 heterocycles. The van der Waals surface area contributed by atoms with Crippen molar-refractivity contribution in [3.63, 3.8) is 0 Å². The van der Waals surface area contributed by atoms with E-state index in [0.717, 1.165) is 0 Å². The summed E-state index contributed by atoms with van der Waals surface area (Å²) in [5.41, 5.74) is 0.254. The van der Waals surface area contributed by atoms with Crippen molar-refractivity contribution >= 4 is 11.9 Å². The summed E-state index contributed by atoms with van der Waals surface area (Å²) in [4.78, 5) is 27.8. The van der Waals surface area contributed by atoms with Gasteiger partial charge in [0, 0.05) is 20.3 Å². The fourth-order valence-electron chi connectivity index (χ4n) is 1.46. The number of rotatable bonds is 4. The lowest BCUT2D eigenvalue weighted by molar-refractivity contribution is -0.142. The number of carboxylic acid groups (broad SMARTS) is 1. The summed E-state index contributed by atoms with van der Waals surface area (Å²) in [7, 11) is 3.22. The molecule has 0 aliphatic heterocycles. The van der Waals surface area contributed by atoms with Crippen LogP contribution >= 0.6 is 0 Å². The van der Waals surface area contributed by atoms with Gasteiger partial charge in [-0.05, 0) is 6.42 Å². The smallest absolute Gasteiger partial charge is 0.326 e. The highest BCUT2D eigenvalue weighted by atomic mass is 16.4. The van der Waals surface area contributed by atoms with Gasteiger partial charge in [-0.15, -0.1) is 0 Å². The highest BCUT2D eigenvalue weighted by Crippen LogP contribution is 2.07. The van der Waals surface area contributed by atoms with Crippen molar-refractivity contribution < 1.29 is 14.7 Å². The van der Waals surface area contributed by atoms with Crippen LogP contribution in [0.4, 0.5) is 0 Å². The molecule has 0 saturated heterocycles. The third-order valence-corrected chi connectivity index (χ3v) is 2.38. The lowest BCUT2D eigenvalue weighted by Gasteiger charge is -2.22. The Morgan fingerprint density at radius 2 is 2.25 bits per heavy atom. The fourth-order valence-corrected chi connectivity index (χ4v) is 1.46. The van der Waals surface area contributed by atoms with Gasteiger partial charge in [0.15, 0.2) is 0 Å². The Hall–Kier alpha value is -1.85. The first kappa shape index (κ1) is 12.2. The van der Waals surface area contributed by atoms with Gasteiger partial charge in [-0.25, -0.2) is 9.78 Å². The number of amides is 1. The van der Waals surface area contributed by atoms with E-state index in [1.165, 1.54) is 18.3 Å². The van der Waals surface area contributed by atoms with E-state index < -0.39 is 12.0 Å². The summed E-state index contributed by atoms with van der Waals surface area (Å²) < 4.78 is 1.64. The Bertz CT molecular complexity index is 400. The van der Waals surface area contributed by atoms with Gasteiger partial charge < -0.3 is 14.6 Å². The molecule has 0 aliphatic rings. The predicted molar refractivity (Wildman–Crippen MR) is 57.0 cm³/mol. The third-order valence-electron chi connectivity index (χ3n) is 2.38. The zero-order valence-corrected chi connectivity index (χ0v) is 9.54. The molecule has 0 spiro atoms. The van der Waals surface area contributed by atoms with Crippen molar-refractivity contribution in [3.8, 4) is 0 Å². The van der Waals surface area contributed by atoms with Crippen LogP contribution in [0.5, 0.6) is 0 Å². The molecule has 1 unspecified atom stereocenters. The third kappa shape index (κ3) is 2.39. The first-order valence-electron chi connectivity index (χ1n) is 4.95. The fraction of sp³-hybridized carbons (Fsp3) is 0.500. The number of carboxylic acids is 1. The molecule has 0 fully saturated rings. The molecule has 1 aromatic rings. The van der Waals surface area contributed by atoms with E-state index >= 15 is 0 Å². The Balaban J connectivity index is 2.85. The molecule has 0 bridgehead atoms. The average Bonchev–Trinajstić information content (AvgIpc) is 2.64. The van der Waals surface area contributed by atoms with Crippen LogP contribution in [-0.2, 0) is 11.8 Å². The van der Waals surface area contributed by atoms with Gasteiger partial charge in [-0.2, -0.15) is 0 Å². The zero-order valence-electron chi connectivity index (χ0n) is 9.54.